The summed E-state index contributed by atoms with van der Waals surface area (Å²) >= 11 is 0. The lowest BCUT2D eigenvalue weighted by Gasteiger charge is -2.10. The summed E-state index contributed by atoms with van der Waals surface area (Å²) in [7, 11) is -2.78. The van der Waals surface area contributed by atoms with E-state index in [1.54, 1.807) is 31.2 Å². The van der Waals surface area contributed by atoms with Crippen LogP contribution in [0.5, 0.6) is 5.75 Å². The highest BCUT2D eigenvalue weighted by Gasteiger charge is 2.19. The first-order chi connectivity index (χ1) is 12.8. The van der Waals surface area contributed by atoms with Crippen LogP contribution in [0, 0.1) is 6.92 Å². The lowest BCUT2D eigenvalue weighted by molar-refractivity contribution is -0.139. The van der Waals surface area contributed by atoms with E-state index < -0.39 is 21.7 Å². The molecule has 3 rings (SSSR count). The van der Waals surface area contributed by atoms with Crippen LogP contribution >= 0.6 is 0 Å². The zero-order chi connectivity index (χ0) is 19.6. The van der Waals surface area contributed by atoms with Crippen molar-refractivity contribution in [1.29, 1.82) is 0 Å². The van der Waals surface area contributed by atoms with Gasteiger partial charge in [-0.2, -0.15) is 8.42 Å². The molecule has 0 aliphatic heterocycles. The van der Waals surface area contributed by atoms with Crippen LogP contribution in [0.3, 0.4) is 0 Å². The quantitative estimate of drug-likeness (QED) is 0.376. The molecular weight excluding hydrogens is 372 g/mol. The van der Waals surface area contributed by atoms with Crippen molar-refractivity contribution in [3.05, 3.63) is 70.1 Å². The molecule has 0 amide bonds. The summed E-state index contributed by atoms with van der Waals surface area (Å²) in [5.74, 6) is -0.548. The number of carbonyl (C=O) groups is 1. The van der Waals surface area contributed by atoms with Crippen molar-refractivity contribution in [1.82, 2.24) is 0 Å². The molecule has 0 N–H and O–H groups in total. The van der Waals surface area contributed by atoms with Gasteiger partial charge in [0.05, 0.1) is 19.1 Å². The molecule has 3 aromatic rings. The standard InChI is InChI=1S/C19H16O7S/c1-12-15-9-8-13(26-27(22,23)14-6-4-3-5-7-14)10-17(15)25-19(21)16(12)11-18(20)24-2/h3-10H,11H2,1-2H3. The molecule has 0 radical (unpaired) electrons. The number of benzene rings is 2. The van der Waals surface area contributed by atoms with E-state index in [-0.39, 0.29) is 28.2 Å². The van der Waals surface area contributed by atoms with Crippen LogP contribution in [-0.2, 0) is 26.1 Å². The van der Waals surface area contributed by atoms with E-state index in [2.05, 4.69) is 4.74 Å². The number of aryl methyl sites for hydroxylation is 1. The summed E-state index contributed by atoms with van der Waals surface area (Å²) in [6, 6.07) is 12.1. The molecular formula is C19H16O7S. The minimum absolute atomic E-state index is 0.00891. The number of hydrogen-bond donors (Lipinski definition) is 0. The van der Waals surface area contributed by atoms with Crippen LogP contribution in [0.2, 0.25) is 0 Å². The number of esters is 1. The van der Waals surface area contributed by atoms with Crippen LogP contribution in [-0.4, -0.2) is 21.5 Å². The van der Waals surface area contributed by atoms with Crippen molar-refractivity contribution >= 4 is 27.1 Å². The maximum Gasteiger partial charge on any atom is 0.340 e. The van der Waals surface area contributed by atoms with Crippen molar-refractivity contribution < 1.29 is 26.5 Å². The van der Waals surface area contributed by atoms with Crippen molar-refractivity contribution in [2.75, 3.05) is 7.11 Å². The van der Waals surface area contributed by atoms with E-state index in [0.29, 0.717) is 10.9 Å². The summed E-state index contributed by atoms with van der Waals surface area (Å²) in [6.45, 7) is 1.68. The van der Waals surface area contributed by atoms with E-state index in [4.69, 9.17) is 8.60 Å². The Hall–Kier alpha value is -3.13. The molecule has 0 fully saturated rings. The molecule has 0 spiro atoms. The van der Waals surface area contributed by atoms with Gasteiger partial charge in [0.25, 0.3) is 0 Å². The fraction of sp³-hybridized carbons (Fsp3) is 0.158. The monoisotopic (exact) mass is 388 g/mol. The van der Waals surface area contributed by atoms with Crippen molar-refractivity contribution in [2.24, 2.45) is 0 Å². The van der Waals surface area contributed by atoms with Gasteiger partial charge < -0.3 is 13.3 Å². The third kappa shape index (κ3) is 3.85. The van der Waals surface area contributed by atoms with Crippen LogP contribution in [0.15, 0.2) is 62.6 Å². The van der Waals surface area contributed by atoms with E-state index in [0.717, 1.165) is 0 Å². The molecule has 8 heteroatoms. The van der Waals surface area contributed by atoms with Crippen molar-refractivity contribution in [3.63, 3.8) is 0 Å². The second-order valence-electron chi connectivity index (χ2n) is 5.75. The predicted octanol–water partition coefficient (Wildman–Crippen LogP) is 2.58. The minimum atomic E-state index is -4.01. The molecule has 1 heterocycles. The molecule has 140 valence electrons. The topological polar surface area (TPSA) is 99.9 Å². The maximum absolute atomic E-state index is 12.3. The van der Waals surface area contributed by atoms with Gasteiger partial charge in [0.2, 0.25) is 0 Å². The fourth-order valence-corrected chi connectivity index (χ4v) is 3.55. The molecule has 0 saturated heterocycles. The first-order valence-corrected chi connectivity index (χ1v) is 9.35. The summed E-state index contributed by atoms with van der Waals surface area (Å²) in [4.78, 5) is 23.7. The fourth-order valence-electron chi connectivity index (χ4n) is 2.61. The third-order valence-corrected chi connectivity index (χ3v) is 5.31. The van der Waals surface area contributed by atoms with Gasteiger partial charge in [-0.3, -0.25) is 4.79 Å². The van der Waals surface area contributed by atoms with E-state index >= 15 is 0 Å². The van der Waals surface area contributed by atoms with Crippen LogP contribution in [0.4, 0.5) is 0 Å². The van der Waals surface area contributed by atoms with Gasteiger partial charge in [-0.15, -0.1) is 0 Å². The zero-order valence-corrected chi connectivity index (χ0v) is 15.4. The number of hydrogen-bond acceptors (Lipinski definition) is 7. The molecule has 0 aliphatic rings. The number of ether oxygens (including phenoxy) is 1. The van der Waals surface area contributed by atoms with Gasteiger partial charge in [0.1, 0.15) is 16.2 Å². The molecule has 0 saturated carbocycles. The molecule has 2 aromatic carbocycles. The second kappa shape index (κ2) is 7.24. The lowest BCUT2D eigenvalue weighted by atomic mass is 10.0. The third-order valence-electron chi connectivity index (χ3n) is 4.05. The number of methoxy groups -OCH3 is 1. The molecule has 0 bridgehead atoms. The predicted molar refractivity (Wildman–Crippen MR) is 97.2 cm³/mol. The largest absolute Gasteiger partial charge is 0.469 e. The van der Waals surface area contributed by atoms with Crippen molar-refractivity contribution in [3.8, 4) is 5.75 Å². The molecule has 7 nitrogen and oxygen atoms in total. The van der Waals surface area contributed by atoms with Gasteiger partial charge in [-0.1, -0.05) is 18.2 Å². The Morgan fingerprint density at radius 3 is 2.48 bits per heavy atom. The van der Waals surface area contributed by atoms with Gasteiger partial charge in [0, 0.05) is 11.5 Å². The second-order valence-corrected chi connectivity index (χ2v) is 7.30. The Morgan fingerprint density at radius 2 is 1.81 bits per heavy atom. The van der Waals surface area contributed by atoms with E-state index in [9.17, 15) is 18.0 Å². The van der Waals surface area contributed by atoms with Gasteiger partial charge in [0.15, 0.2) is 0 Å². The SMILES string of the molecule is COC(=O)Cc1c(C)c2ccc(OS(=O)(=O)c3ccccc3)cc2oc1=O. The Kier molecular flexibility index (Phi) is 5.00. The number of fused-ring (bicyclic) bond motifs is 1. The highest BCUT2D eigenvalue weighted by Crippen LogP contribution is 2.26. The molecule has 27 heavy (non-hydrogen) atoms. The summed E-state index contributed by atoms with van der Waals surface area (Å²) in [6.07, 6.45) is -0.207. The first kappa shape index (κ1) is 18.7. The summed E-state index contributed by atoms with van der Waals surface area (Å²) < 4.78 is 39.6. The zero-order valence-electron chi connectivity index (χ0n) is 14.6. The summed E-state index contributed by atoms with van der Waals surface area (Å²) in [5.41, 5.74) is 0.226. The molecule has 0 unspecified atom stereocenters. The lowest BCUT2D eigenvalue weighted by Crippen LogP contribution is -2.16. The Morgan fingerprint density at radius 1 is 1.11 bits per heavy atom. The number of rotatable bonds is 5. The maximum atomic E-state index is 12.3. The summed E-state index contributed by atoms with van der Waals surface area (Å²) in [5, 5.41) is 0.568. The van der Waals surface area contributed by atoms with Crippen LogP contribution < -0.4 is 9.81 Å². The first-order valence-electron chi connectivity index (χ1n) is 7.94. The average Bonchev–Trinajstić information content (AvgIpc) is 2.65. The molecule has 1 aromatic heterocycles. The smallest absolute Gasteiger partial charge is 0.340 e. The Bertz CT molecular complexity index is 1160. The normalized spacial score (nSPS) is 11.3. The number of carbonyl (C=O) groups excluding carboxylic acids is 1. The molecule has 0 atom stereocenters. The van der Waals surface area contributed by atoms with Gasteiger partial charge in [-0.05, 0) is 36.8 Å². The average molecular weight is 388 g/mol. The van der Waals surface area contributed by atoms with Gasteiger partial charge >= 0.3 is 21.7 Å². The Balaban J connectivity index is 2.00. The van der Waals surface area contributed by atoms with E-state index in [1.165, 1.54) is 31.4 Å². The van der Waals surface area contributed by atoms with Crippen LogP contribution in [0.1, 0.15) is 11.1 Å². The van der Waals surface area contributed by atoms with Crippen LogP contribution in [0.25, 0.3) is 11.0 Å². The van der Waals surface area contributed by atoms with Gasteiger partial charge in [-0.25, -0.2) is 4.79 Å². The Labute approximate surface area is 155 Å². The van der Waals surface area contributed by atoms with E-state index in [1.807, 2.05) is 0 Å². The highest BCUT2D eigenvalue weighted by molar-refractivity contribution is 7.87. The van der Waals surface area contributed by atoms with Crippen molar-refractivity contribution in [2.45, 2.75) is 18.2 Å². The highest BCUT2D eigenvalue weighted by atomic mass is 32.2. The minimum Gasteiger partial charge on any atom is -0.469 e. The molecule has 0 aliphatic carbocycles.